The van der Waals surface area contributed by atoms with Gasteiger partial charge in [0, 0.05) is 44.1 Å². The Bertz CT molecular complexity index is 1110. The van der Waals surface area contributed by atoms with Crippen LogP contribution in [0.4, 0.5) is 0 Å². The SMILES string of the molecule is CCCCOc1ccc(C2C(=C(O)c3ccncc3)C(=O)C(=O)N2CCCN2CCOCC2)cc1OC. The number of pyridine rings is 1. The fraction of sp³-hybridized carbons (Fsp3) is 0.464. The number of carbonyl (C=O) groups is 2. The molecule has 1 N–H and O–H groups in total. The van der Waals surface area contributed by atoms with Crippen molar-refractivity contribution in [1.29, 1.82) is 0 Å². The maximum absolute atomic E-state index is 13.3. The third kappa shape index (κ3) is 6.11. The van der Waals surface area contributed by atoms with E-state index in [4.69, 9.17) is 14.2 Å². The van der Waals surface area contributed by atoms with E-state index in [9.17, 15) is 14.7 Å². The number of rotatable bonds is 11. The van der Waals surface area contributed by atoms with Gasteiger partial charge in [0.2, 0.25) is 0 Å². The number of benzene rings is 1. The molecule has 1 aromatic heterocycles. The molecular weight excluding hydrogens is 474 g/mol. The number of unbranched alkanes of at least 4 members (excludes halogenated alkanes) is 1. The average Bonchev–Trinajstić information content (AvgIpc) is 3.19. The maximum atomic E-state index is 13.3. The van der Waals surface area contributed by atoms with Gasteiger partial charge in [0.1, 0.15) is 5.76 Å². The summed E-state index contributed by atoms with van der Waals surface area (Å²) in [5, 5.41) is 11.2. The van der Waals surface area contributed by atoms with Crippen LogP contribution in [0.1, 0.15) is 43.4 Å². The van der Waals surface area contributed by atoms with Gasteiger partial charge in [-0.05, 0) is 42.7 Å². The van der Waals surface area contributed by atoms with Crippen molar-refractivity contribution >= 4 is 17.4 Å². The molecule has 2 aromatic rings. The Hall–Kier alpha value is -3.43. The summed E-state index contributed by atoms with van der Waals surface area (Å²) in [5.41, 5.74) is 1.16. The van der Waals surface area contributed by atoms with Crippen LogP contribution in [-0.4, -0.2) is 84.7 Å². The summed E-state index contributed by atoms with van der Waals surface area (Å²) in [4.78, 5) is 34.3. The summed E-state index contributed by atoms with van der Waals surface area (Å²) >= 11 is 0. The molecule has 198 valence electrons. The minimum atomic E-state index is -0.753. The van der Waals surface area contributed by atoms with Gasteiger partial charge in [-0.3, -0.25) is 19.5 Å². The van der Waals surface area contributed by atoms with E-state index in [0.29, 0.717) is 55.4 Å². The Morgan fingerprint density at radius 1 is 1.08 bits per heavy atom. The van der Waals surface area contributed by atoms with E-state index in [0.717, 1.165) is 32.5 Å². The minimum Gasteiger partial charge on any atom is -0.507 e. The predicted molar refractivity (Wildman–Crippen MR) is 139 cm³/mol. The Kier molecular flexibility index (Phi) is 9.14. The van der Waals surface area contributed by atoms with Crippen LogP contribution in [0.15, 0.2) is 48.3 Å². The van der Waals surface area contributed by atoms with Crippen LogP contribution < -0.4 is 9.47 Å². The fourth-order valence-corrected chi connectivity index (χ4v) is 4.71. The van der Waals surface area contributed by atoms with Crippen LogP contribution in [0.5, 0.6) is 11.5 Å². The smallest absolute Gasteiger partial charge is 0.295 e. The highest BCUT2D eigenvalue weighted by molar-refractivity contribution is 6.46. The molecule has 37 heavy (non-hydrogen) atoms. The van der Waals surface area contributed by atoms with Crippen LogP contribution in [-0.2, 0) is 14.3 Å². The fourth-order valence-electron chi connectivity index (χ4n) is 4.71. The first-order valence-electron chi connectivity index (χ1n) is 12.8. The molecular formula is C28H35N3O6. The summed E-state index contributed by atoms with van der Waals surface area (Å²) in [6, 6.07) is 7.88. The highest BCUT2D eigenvalue weighted by Gasteiger charge is 2.46. The molecule has 1 amide bonds. The largest absolute Gasteiger partial charge is 0.507 e. The molecule has 0 spiro atoms. The van der Waals surface area contributed by atoms with Crippen molar-refractivity contribution in [3.8, 4) is 11.5 Å². The first-order chi connectivity index (χ1) is 18.0. The van der Waals surface area contributed by atoms with E-state index in [1.54, 1.807) is 36.3 Å². The lowest BCUT2D eigenvalue weighted by Crippen LogP contribution is -2.39. The Morgan fingerprint density at radius 2 is 1.84 bits per heavy atom. The number of nitrogens with zero attached hydrogens (tertiary/aromatic N) is 3. The first kappa shape index (κ1) is 26.6. The second kappa shape index (κ2) is 12.7. The van der Waals surface area contributed by atoms with Crippen molar-refractivity contribution in [2.45, 2.75) is 32.2 Å². The van der Waals surface area contributed by atoms with E-state index < -0.39 is 17.7 Å². The van der Waals surface area contributed by atoms with Gasteiger partial charge in [0.25, 0.3) is 11.7 Å². The number of ketones is 1. The molecule has 4 rings (SSSR count). The second-order valence-corrected chi connectivity index (χ2v) is 9.15. The van der Waals surface area contributed by atoms with Crippen molar-refractivity contribution in [1.82, 2.24) is 14.8 Å². The number of methoxy groups -OCH3 is 1. The molecule has 9 heteroatoms. The normalized spacial score (nSPS) is 19.8. The van der Waals surface area contributed by atoms with Crippen LogP contribution in [0.3, 0.4) is 0 Å². The van der Waals surface area contributed by atoms with Crippen molar-refractivity contribution in [3.05, 3.63) is 59.4 Å². The van der Waals surface area contributed by atoms with Crippen molar-refractivity contribution in [2.75, 3.05) is 53.1 Å². The number of Topliss-reactive ketones (excluding diaryl/α,β-unsaturated/α-hetero) is 1. The third-order valence-electron chi connectivity index (χ3n) is 6.73. The number of hydrogen-bond donors (Lipinski definition) is 1. The van der Waals surface area contributed by atoms with E-state index in [1.165, 1.54) is 12.4 Å². The lowest BCUT2D eigenvalue weighted by atomic mass is 9.95. The molecule has 2 saturated heterocycles. The molecule has 2 aliphatic rings. The second-order valence-electron chi connectivity index (χ2n) is 9.15. The monoisotopic (exact) mass is 509 g/mol. The van der Waals surface area contributed by atoms with Gasteiger partial charge >= 0.3 is 0 Å². The van der Waals surface area contributed by atoms with Crippen LogP contribution in [0.2, 0.25) is 0 Å². The molecule has 2 aliphatic heterocycles. The van der Waals surface area contributed by atoms with Crippen LogP contribution in [0.25, 0.3) is 5.76 Å². The number of morpholine rings is 1. The summed E-state index contributed by atoms with van der Waals surface area (Å²) in [5.74, 6) is -0.434. The van der Waals surface area contributed by atoms with E-state index in [2.05, 4.69) is 16.8 Å². The van der Waals surface area contributed by atoms with E-state index in [1.807, 2.05) is 6.07 Å². The molecule has 1 unspecified atom stereocenters. The molecule has 0 bridgehead atoms. The Labute approximate surface area is 217 Å². The summed E-state index contributed by atoms with van der Waals surface area (Å²) < 4.78 is 16.9. The number of aliphatic hydroxyl groups excluding tert-OH is 1. The van der Waals surface area contributed by atoms with Gasteiger partial charge in [0.05, 0.1) is 38.5 Å². The quantitative estimate of drug-likeness (QED) is 0.213. The minimum absolute atomic E-state index is 0.0595. The molecule has 1 atom stereocenters. The standard InChI is InChI=1S/C28H35N3O6/c1-3-4-16-37-22-7-6-21(19-23(22)35-2)25-24(26(32)20-8-10-29-11-9-20)27(33)28(34)31(25)13-5-12-30-14-17-36-18-15-30/h6-11,19,25,32H,3-5,12-18H2,1-2H3. The zero-order valence-corrected chi connectivity index (χ0v) is 21.5. The molecule has 0 radical (unpaired) electrons. The highest BCUT2D eigenvalue weighted by atomic mass is 16.5. The third-order valence-corrected chi connectivity index (χ3v) is 6.73. The lowest BCUT2D eigenvalue weighted by molar-refractivity contribution is -0.140. The Morgan fingerprint density at radius 3 is 2.54 bits per heavy atom. The number of ether oxygens (including phenoxy) is 3. The first-order valence-corrected chi connectivity index (χ1v) is 12.8. The lowest BCUT2D eigenvalue weighted by Gasteiger charge is -2.29. The van der Waals surface area contributed by atoms with Gasteiger partial charge in [-0.1, -0.05) is 19.4 Å². The molecule has 2 fully saturated rings. The topological polar surface area (TPSA) is 101 Å². The molecule has 1 aromatic carbocycles. The van der Waals surface area contributed by atoms with E-state index in [-0.39, 0.29) is 11.3 Å². The number of carbonyl (C=O) groups excluding carboxylic acids is 2. The molecule has 0 aliphatic carbocycles. The van der Waals surface area contributed by atoms with Crippen molar-refractivity contribution < 1.29 is 28.9 Å². The Balaban J connectivity index is 1.68. The van der Waals surface area contributed by atoms with Gasteiger partial charge in [-0.2, -0.15) is 0 Å². The number of aliphatic hydroxyl groups is 1. The van der Waals surface area contributed by atoms with Gasteiger partial charge in [0.15, 0.2) is 11.5 Å². The number of aromatic nitrogens is 1. The highest BCUT2D eigenvalue weighted by Crippen LogP contribution is 2.42. The average molecular weight is 510 g/mol. The summed E-state index contributed by atoms with van der Waals surface area (Å²) in [6.45, 7) is 6.91. The summed E-state index contributed by atoms with van der Waals surface area (Å²) in [7, 11) is 1.56. The van der Waals surface area contributed by atoms with E-state index >= 15 is 0 Å². The van der Waals surface area contributed by atoms with Crippen molar-refractivity contribution in [3.63, 3.8) is 0 Å². The van der Waals surface area contributed by atoms with Gasteiger partial charge in [-0.15, -0.1) is 0 Å². The maximum Gasteiger partial charge on any atom is 0.295 e. The van der Waals surface area contributed by atoms with Crippen molar-refractivity contribution in [2.24, 2.45) is 0 Å². The molecule has 9 nitrogen and oxygen atoms in total. The zero-order chi connectivity index (χ0) is 26.2. The molecule has 3 heterocycles. The zero-order valence-electron chi connectivity index (χ0n) is 21.5. The molecule has 0 saturated carbocycles. The number of hydrogen-bond acceptors (Lipinski definition) is 8. The van der Waals surface area contributed by atoms with Gasteiger partial charge < -0.3 is 24.2 Å². The van der Waals surface area contributed by atoms with Gasteiger partial charge in [-0.25, -0.2) is 0 Å². The summed E-state index contributed by atoms with van der Waals surface area (Å²) in [6.07, 6.45) is 5.69. The number of likely N-dealkylation sites (tertiary alicyclic amines) is 1. The number of amides is 1. The predicted octanol–water partition coefficient (Wildman–Crippen LogP) is 3.41. The van der Waals surface area contributed by atoms with Crippen LogP contribution >= 0.6 is 0 Å². The van der Waals surface area contributed by atoms with Crippen LogP contribution in [0, 0.1) is 0 Å².